The lowest BCUT2D eigenvalue weighted by Gasteiger charge is -2.26. The molecule has 1 fully saturated rings. The van der Waals surface area contributed by atoms with Crippen LogP contribution in [0, 0.1) is 5.21 Å². The molecule has 2 aromatic carbocycles. The second-order valence-electron chi connectivity index (χ2n) is 6.83. The van der Waals surface area contributed by atoms with Crippen LogP contribution in [0.3, 0.4) is 0 Å². The third-order valence-corrected chi connectivity index (χ3v) is 4.71. The van der Waals surface area contributed by atoms with Gasteiger partial charge in [0.1, 0.15) is 5.75 Å². The molecule has 0 atom stereocenters. The summed E-state index contributed by atoms with van der Waals surface area (Å²) in [5.74, 6) is 0.778. The van der Waals surface area contributed by atoms with Crippen LogP contribution in [0.2, 0.25) is 0 Å². The van der Waals surface area contributed by atoms with Crippen molar-refractivity contribution in [2.24, 2.45) is 0 Å². The van der Waals surface area contributed by atoms with Crippen LogP contribution < -0.4 is 4.74 Å². The Morgan fingerprint density at radius 1 is 0.962 bits per heavy atom. The minimum absolute atomic E-state index is 0.337. The fourth-order valence-electron chi connectivity index (χ4n) is 3.34. The number of likely N-dealkylation sites (tertiary alicyclic amines) is 1. The van der Waals surface area contributed by atoms with Crippen molar-refractivity contribution in [1.82, 2.24) is 4.90 Å². The number of hydroxylamine groups is 1. The Balaban J connectivity index is 1.52. The Hall–Kier alpha value is -2.33. The summed E-state index contributed by atoms with van der Waals surface area (Å²) in [7, 11) is 0. The largest absolute Gasteiger partial charge is 0.624 e. The molecule has 1 saturated heterocycles. The van der Waals surface area contributed by atoms with Gasteiger partial charge in [-0.05, 0) is 44.5 Å². The number of piperidine rings is 1. The molecule has 0 spiro atoms. The van der Waals surface area contributed by atoms with Gasteiger partial charge in [0.15, 0.2) is 12.8 Å². The van der Waals surface area contributed by atoms with Gasteiger partial charge in [0, 0.05) is 12.1 Å². The molecule has 0 N–H and O–H groups in total. The lowest BCUT2D eigenvalue weighted by atomic mass is 10.1. The Bertz CT molecular complexity index is 694. The lowest BCUT2D eigenvalue weighted by molar-refractivity contribution is -0.469. The first-order valence-electron chi connectivity index (χ1n) is 9.58. The molecule has 3 rings (SSSR count). The molecule has 0 amide bonds. The van der Waals surface area contributed by atoms with E-state index in [0.29, 0.717) is 13.2 Å². The van der Waals surface area contributed by atoms with Crippen molar-refractivity contribution in [3.63, 3.8) is 0 Å². The van der Waals surface area contributed by atoms with Crippen LogP contribution >= 0.6 is 0 Å². The normalized spacial score (nSPS) is 15.8. The average molecular weight is 352 g/mol. The van der Waals surface area contributed by atoms with Crippen molar-refractivity contribution in [2.75, 3.05) is 26.2 Å². The van der Waals surface area contributed by atoms with E-state index in [-0.39, 0.29) is 0 Å². The fourth-order valence-corrected chi connectivity index (χ4v) is 3.34. The third kappa shape index (κ3) is 5.88. The van der Waals surface area contributed by atoms with Gasteiger partial charge in [-0.2, -0.15) is 0 Å². The molecular formula is C22H28N2O2. The van der Waals surface area contributed by atoms with Gasteiger partial charge < -0.3 is 14.8 Å². The maximum Gasteiger partial charge on any atom is 0.185 e. The van der Waals surface area contributed by atoms with Crippen molar-refractivity contribution < 1.29 is 9.48 Å². The summed E-state index contributed by atoms with van der Waals surface area (Å²) in [4.78, 5) is 2.52. The molecule has 1 aliphatic heterocycles. The van der Waals surface area contributed by atoms with E-state index in [2.05, 4.69) is 4.90 Å². The van der Waals surface area contributed by atoms with Crippen molar-refractivity contribution in [1.29, 1.82) is 0 Å². The molecule has 1 aliphatic rings. The monoisotopic (exact) mass is 352 g/mol. The maximum atomic E-state index is 12.3. The van der Waals surface area contributed by atoms with Gasteiger partial charge in [-0.25, -0.2) is 4.74 Å². The highest BCUT2D eigenvalue weighted by Crippen LogP contribution is 2.17. The highest BCUT2D eigenvalue weighted by Gasteiger charge is 2.10. The smallest absolute Gasteiger partial charge is 0.185 e. The summed E-state index contributed by atoms with van der Waals surface area (Å²) in [5, 5.41) is 12.3. The van der Waals surface area contributed by atoms with E-state index in [9.17, 15) is 5.21 Å². The quantitative estimate of drug-likeness (QED) is 0.236. The van der Waals surface area contributed by atoms with Crippen LogP contribution in [0.5, 0.6) is 5.75 Å². The van der Waals surface area contributed by atoms with Crippen molar-refractivity contribution in [3.05, 3.63) is 70.9 Å². The van der Waals surface area contributed by atoms with Gasteiger partial charge in [0.25, 0.3) is 0 Å². The molecule has 26 heavy (non-hydrogen) atoms. The van der Waals surface area contributed by atoms with Crippen LogP contribution in [-0.4, -0.2) is 42.1 Å². The summed E-state index contributed by atoms with van der Waals surface area (Å²) in [6.45, 7) is 4.54. The van der Waals surface area contributed by atoms with Gasteiger partial charge in [0.2, 0.25) is 0 Å². The van der Waals surface area contributed by atoms with Crippen molar-refractivity contribution in [2.45, 2.75) is 32.2 Å². The molecule has 2 aromatic rings. The van der Waals surface area contributed by atoms with E-state index in [1.54, 1.807) is 6.21 Å². The molecule has 0 unspecified atom stereocenters. The fraction of sp³-hybridized carbons (Fsp3) is 0.409. The third-order valence-electron chi connectivity index (χ3n) is 4.71. The number of para-hydroxylation sites is 1. The zero-order valence-corrected chi connectivity index (χ0v) is 15.3. The summed E-state index contributed by atoms with van der Waals surface area (Å²) >= 11 is 0. The van der Waals surface area contributed by atoms with E-state index in [1.165, 1.54) is 32.4 Å². The average Bonchev–Trinajstić information content (AvgIpc) is 2.68. The highest BCUT2D eigenvalue weighted by molar-refractivity contribution is 5.79. The molecule has 4 nitrogen and oxygen atoms in total. The molecule has 138 valence electrons. The number of nitrogens with zero attached hydrogens (tertiary/aromatic N) is 2. The van der Waals surface area contributed by atoms with Crippen LogP contribution in [0.15, 0.2) is 54.6 Å². The Morgan fingerprint density at radius 2 is 1.69 bits per heavy atom. The van der Waals surface area contributed by atoms with Crippen LogP contribution in [0.4, 0.5) is 0 Å². The molecule has 0 aromatic heterocycles. The Morgan fingerprint density at radius 3 is 2.50 bits per heavy atom. The van der Waals surface area contributed by atoms with Gasteiger partial charge in [-0.3, -0.25) is 0 Å². The second kappa shape index (κ2) is 9.97. The summed E-state index contributed by atoms with van der Waals surface area (Å²) in [6, 6.07) is 17.5. The zero-order valence-electron chi connectivity index (χ0n) is 15.3. The summed E-state index contributed by atoms with van der Waals surface area (Å²) in [6.07, 6.45) is 6.64. The SMILES string of the molecule is [O-]/[N+](=C\c1ccccc1OCCCN1CCCCC1)Cc1ccccc1. The number of hydrogen-bond acceptors (Lipinski definition) is 3. The predicted molar refractivity (Wildman–Crippen MR) is 106 cm³/mol. The van der Waals surface area contributed by atoms with Gasteiger partial charge in [0.05, 0.1) is 12.2 Å². The standard InChI is InChI=1S/C22H28N2O2/c25-24(18-20-10-3-1-4-11-20)19-21-12-5-6-13-22(21)26-17-9-16-23-14-7-2-8-15-23/h1,3-6,10-13,19H,2,7-9,14-18H2/b24-19-. The van der Waals surface area contributed by atoms with Crippen LogP contribution in [0.25, 0.3) is 0 Å². The topological polar surface area (TPSA) is 38.5 Å². The van der Waals surface area contributed by atoms with E-state index in [4.69, 9.17) is 4.74 Å². The highest BCUT2D eigenvalue weighted by atomic mass is 16.5. The van der Waals surface area contributed by atoms with Gasteiger partial charge >= 0.3 is 0 Å². The summed E-state index contributed by atoms with van der Waals surface area (Å²) < 4.78 is 6.92. The van der Waals surface area contributed by atoms with Gasteiger partial charge in [-0.1, -0.05) is 48.9 Å². The number of hydrogen-bond donors (Lipinski definition) is 0. The first kappa shape index (κ1) is 18.5. The number of rotatable bonds is 8. The Kier molecular flexibility index (Phi) is 7.08. The van der Waals surface area contributed by atoms with Crippen LogP contribution in [-0.2, 0) is 6.54 Å². The predicted octanol–water partition coefficient (Wildman–Crippen LogP) is 4.07. The maximum absolute atomic E-state index is 12.3. The molecule has 0 saturated carbocycles. The Labute approximate surface area is 156 Å². The van der Waals surface area contributed by atoms with E-state index < -0.39 is 0 Å². The first-order chi connectivity index (χ1) is 12.8. The summed E-state index contributed by atoms with van der Waals surface area (Å²) in [5.41, 5.74) is 1.83. The van der Waals surface area contributed by atoms with Crippen LogP contribution in [0.1, 0.15) is 36.8 Å². The zero-order chi connectivity index (χ0) is 18.0. The number of benzene rings is 2. The van der Waals surface area contributed by atoms with E-state index in [0.717, 1.165) is 34.6 Å². The minimum Gasteiger partial charge on any atom is -0.624 e. The van der Waals surface area contributed by atoms with Gasteiger partial charge in [-0.15, -0.1) is 0 Å². The molecule has 0 aliphatic carbocycles. The molecule has 4 heteroatoms. The van der Waals surface area contributed by atoms with Crippen molar-refractivity contribution >= 4 is 6.21 Å². The number of ether oxygens (including phenoxy) is 1. The lowest BCUT2D eigenvalue weighted by Crippen LogP contribution is -2.31. The molecule has 0 radical (unpaired) electrons. The second-order valence-corrected chi connectivity index (χ2v) is 6.83. The molecular weight excluding hydrogens is 324 g/mol. The minimum atomic E-state index is 0.337. The first-order valence-corrected chi connectivity index (χ1v) is 9.58. The molecule has 0 bridgehead atoms. The van der Waals surface area contributed by atoms with E-state index in [1.807, 2.05) is 54.6 Å². The van der Waals surface area contributed by atoms with E-state index >= 15 is 0 Å². The van der Waals surface area contributed by atoms with Crippen molar-refractivity contribution in [3.8, 4) is 5.75 Å². The molecule has 1 heterocycles.